The van der Waals surface area contributed by atoms with Crippen molar-refractivity contribution in [3.8, 4) is 6.07 Å². The van der Waals surface area contributed by atoms with E-state index in [4.69, 9.17) is 5.26 Å². The summed E-state index contributed by atoms with van der Waals surface area (Å²) in [7, 11) is 1.79. The molecule has 2 atom stereocenters. The van der Waals surface area contributed by atoms with Crippen molar-refractivity contribution in [2.75, 3.05) is 18.5 Å². The number of aliphatic hydroxyl groups excluding tert-OH is 1. The lowest BCUT2D eigenvalue weighted by molar-refractivity contribution is 0.194. The van der Waals surface area contributed by atoms with Crippen LogP contribution in [0.3, 0.4) is 0 Å². The van der Waals surface area contributed by atoms with Gasteiger partial charge < -0.3 is 10.0 Å². The van der Waals surface area contributed by atoms with Gasteiger partial charge in [0.05, 0.1) is 18.1 Å². The molecular formula is C13H17FN2O. The van der Waals surface area contributed by atoms with E-state index in [0.717, 1.165) is 0 Å². The summed E-state index contributed by atoms with van der Waals surface area (Å²) in [6.45, 7) is 3.83. The van der Waals surface area contributed by atoms with Gasteiger partial charge in [0.15, 0.2) is 0 Å². The molecule has 3 nitrogen and oxygen atoms in total. The maximum Gasteiger partial charge on any atom is 0.131 e. The molecule has 0 aliphatic carbocycles. The summed E-state index contributed by atoms with van der Waals surface area (Å²) >= 11 is 0. The lowest BCUT2D eigenvalue weighted by Gasteiger charge is -2.24. The van der Waals surface area contributed by atoms with Crippen molar-refractivity contribution >= 4 is 5.69 Å². The van der Waals surface area contributed by atoms with Crippen LogP contribution < -0.4 is 4.90 Å². The zero-order valence-corrected chi connectivity index (χ0v) is 10.3. The maximum atomic E-state index is 13.6. The van der Waals surface area contributed by atoms with E-state index < -0.39 is 11.9 Å². The average Bonchev–Trinajstić information content (AvgIpc) is 2.27. The molecule has 1 rings (SSSR count). The Morgan fingerprint density at radius 2 is 2.12 bits per heavy atom. The number of aliphatic hydroxyl groups is 1. The lowest BCUT2D eigenvalue weighted by Crippen LogP contribution is -2.25. The topological polar surface area (TPSA) is 47.3 Å². The van der Waals surface area contributed by atoms with Crippen LogP contribution in [0.1, 0.15) is 25.5 Å². The first-order valence-electron chi connectivity index (χ1n) is 5.54. The minimum Gasteiger partial charge on any atom is -0.389 e. The highest BCUT2D eigenvalue weighted by molar-refractivity contribution is 5.54. The molecule has 1 aromatic carbocycles. The highest BCUT2D eigenvalue weighted by Crippen LogP contribution is 2.28. The van der Waals surface area contributed by atoms with Crippen molar-refractivity contribution in [1.29, 1.82) is 5.26 Å². The largest absolute Gasteiger partial charge is 0.389 e. The van der Waals surface area contributed by atoms with E-state index >= 15 is 0 Å². The Balaban J connectivity index is 3.05. The molecular weight excluding hydrogens is 219 g/mol. The van der Waals surface area contributed by atoms with Gasteiger partial charge in [0, 0.05) is 24.8 Å². The molecule has 1 N–H and O–H groups in total. The number of nitrogens with zero attached hydrogens (tertiary/aromatic N) is 2. The number of rotatable bonds is 4. The van der Waals surface area contributed by atoms with E-state index in [9.17, 15) is 9.50 Å². The maximum absolute atomic E-state index is 13.6. The number of benzene rings is 1. The fraction of sp³-hybridized carbons (Fsp3) is 0.462. The summed E-state index contributed by atoms with van der Waals surface area (Å²) in [4.78, 5) is 1.79. The van der Waals surface area contributed by atoms with Gasteiger partial charge in [-0.25, -0.2) is 4.39 Å². The van der Waals surface area contributed by atoms with Crippen LogP contribution in [0.5, 0.6) is 0 Å². The monoisotopic (exact) mass is 236 g/mol. The van der Waals surface area contributed by atoms with Crippen molar-refractivity contribution in [3.63, 3.8) is 0 Å². The second-order valence-corrected chi connectivity index (χ2v) is 4.26. The average molecular weight is 236 g/mol. The quantitative estimate of drug-likeness (QED) is 0.873. The Morgan fingerprint density at radius 3 is 2.65 bits per heavy atom. The summed E-state index contributed by atoms with van der Waals surface area (Å²) in [6.07, 6.45) is -0.869. The van der Waals surface area contributed by atoms with Gasteiger partial charge in [-0.1, -0.05) is 6.07 Å². The molecule has 0 saturated heterocycles. The first kappa shape index (κ1) is 13.5. The SMILES string of the molecule is CC(C#N)CN(C)c1cccc(F)c1C(C)O. The molecule has 17 heavy (non-hydrogen) atoms. The van der Waals surface area contributed by atoms with Crippen molar-refractivity contribution in [2.24, 2.45) is 5.92 Å². The van der Waals surface area contributed by atoms with E-state index in [-0.39, 0.29) is 11.5 Å². The molecule has 0 aliphatic rings. The Hall–Kier alpha value is -1.60. The number of halogens is 1. The fourth-order valence-corrected chi connectivity index (χ4v) is 1.82. The molecule has 0 fully saturated rings. The molecule has 0 amide bonds. The molecule has 0 aliphatic heterocycles. The highest BCUT2D eigenvalue weighted by Gasteiger charge is 2.17. The van der Waals surface area contributed by atoms with Gasteiger partial charge in [0.1, 0.15) is 5.82 Å². The molecule has 0 heterocycles. The van der Waals surface area contributed by atoms with Gasteiger partial charge in [0.2, 0.25) is 0 Å². The standard InChI is InChI=1S/C13H17FN2O/c1-9(7-15)8-16(3)12-6-4-5-11(14)13(12)10(2)17/h4-6,9-10,17H,8H2,1-3H3. The van der Waals surface area contributed by atoms with Gasteiger partial charge in [-0.2, -0.15) is 5.26 Å². The second-order valence-electron chi connectivity index (χ2n) is 4.26. The van der Waals surface area contributed by atoms with E-state index in [1.807, 2.05) is 0 Å². The normalized spacial score (nSPS) is 13.9. The summed E-state index contributed by atoms with van der Waals surface area (Å²) in [5.41, 5.74) is 0.905. The minimum absolute atomic E-state index is 0.148. The first-order chi connectivity index (χ1) is 7.97. The molecule has 0 aromatic heterocycles. The van der Waals surface area contributed by atoms with Gasteiger partial charge >= 0.3 is 0 Å². The molecule has 4 heteroatoms. The third-order valence-corrected chi connectivity index (χ3v) is 2.63. The van der Waals surface area contributed by atoms with Gasteiger partial charge in [-0.3, -0.25) is 0 Å². The van der Waals surface area contributed by atoms with Crippen molar-refractivity contribution in [1.82, 2.24) is 0 Å². The van der Waals surface area contributed by atoms with Gasteiger partial charge in [0.25, 0.3) is 0 Å². The number of hydrogen-bond acceptors (Lipinski definition) is 3. The Labute approximate surface area is 101 Å². The Bertz CT molecular complexity index is 426. The second kappa shape index (κ2) is 5.65. The zero-order chi connectivity index (χ0) is 13.0. The molecule has 92 valence electrons. The van der Waals surface area contributed by atoms with E-state index in [1.54, 1.807) is 31.0 Å². The summed E-state index contributed by atoms with van der Waals surface area (Å²) in [6, 6.07) is 6.80. The van der Waals surface area contributed by atoms with Crippen LogP contribution >= 0.6 is 0 Å². The number of nitriles is 1. The van der Waals surface area contributed by atoms with Crippen molar-refractivity contribution in [2.45, 2.75) is 20.0 Å². The van der Waals surface area contributed by atoms with Crippen LogP contribution in [-0.4, -0.2) is 18.7 Å². The molecule has 0 bridgehead atoms. The van der Waals surface area contributed by atoms with E-state index in [0.29, 0.717) is 12.2 Å². The Morgan fingerprint density at radius 1 is 1.47 bits per heavy atom. The van der Waals surface area contributed by atoms with Crippen molar-refractivity contribution in [3.05, 3.63) is 29.6 Å². The summed E-state index contributed by atoms with van der Waals surface area (Å²) in [5.74, 6) is -0.570. The third-order valence-electron chi connectivity index (χ3n) is 2.63. The molecule has 0 saturated carbocycles. The highest BCUT2D eigenvalue weighted by atomic mass is 19.1. The number of anilines is 1. The Kier molecular flexibility index (Phi) is 4.47. The summed E-state index contributed by atoms with van der Waals surface area (Å²) < 4.78 is 13.6. The third kappa shape index (κ3) is 3.18. The lowest BCUT2D eigenvalue weighted by atomic mass is 10.1. The molecule has 1 aromatic rings. The smallest absolute Gasteiger partial charge is 0.131 e. The van der Waals surface area contributed by atoms with Crippen LogP contribution in [0.2, 0.25) is 0 Å². The minimum atomic E-state index is -0.869. The molecule has 0 spiro atoms. The molecule has 2 unspecified atom stereocenters. The predicted molar refractivity (Wildman–Crippen MR) is 65.1 cm³/mol. The van der Waals surface area contributed by atoms with Gasteiger partial charge in [-0.15, -0.1) is 0 Å². The zero-order valence-electron chi connectivity index (χ0n) is 10.3. The van der Waals surface area contributed by atoms with Crippen LogP contribution in [0.4, 0.5) is 10.1 Å². The van der Waals surface area contributed by atoms with E-state index in [2.05, 4.69) is 6.07 Å². The molecule has 0 radical (unpaired) electrons. The van der Waals surface area contributed by atoms with Crippen LogP contribution in [0.15, 0.2) is 18.2 Å². The van der Waals surface area contributed by atoms with E-state index in [1.165, 1.54) is 13.0 Å². The predicted octanol–water partition coefficient (Wildman–Crippen LogP) is 2.47. The van der Waals surface area contributed by atoms with Crippen LogP contribution in [-0.2, 0) is 0 Å². The summed E-state index contributed by atoms with van der Waals surface area (Å²) in [5, 5.41) is 18.4. The van der Waals surface area contributed by atoms with Gasteiger partial charge in [-0.05, 0) is 26.0 Å². The number of hydrogen-bond donors (Lipinski definition) is 1. The fourth-order valence-electron chi connectivity index (χ4n) is 1.82. The first-order valence-corrected chi connectivity index (χ1v) is 5.54. The van der Waals surface area contributed by atoms with Crippen LogP contribution in [0.25, 0.3) is 0 Å². The van der Waals surface area contributed by atoms with Crippen LogP contribution in [0, 0.1) is 23.1 Å². The van der Waals surface area contributed by atoms with Crippen molar-refractivity contribution < 1.29 is 9.50 Å².